The number of hydrogen-bond donors (Lipinski definition) is 1. The number of thiophene rings is 1. The van der Waals surface area contributed by atoms with Gasteiger partial charge in [0.25, 0.3) is 0 Å². The summed E-state index contributed by atoms with van der Waals surface area (Å²) in [5, 5.41) is 0. The standard InChI is InChI=1S/C17H23NS/c1-11-10-12(2)19-16(11)15(18)13-6-8-14(9-7-13)17(3,4)5/h6-10,15H,18H2,1-5H3. The van der Waals surface area contributed by atoms with E-state index in [-0.39, 0.29) is 11.5 Å². The Morgan fingerprint density at radius 1 is 1.05 bits per heavy atom. The summed E-state index contributed by atoms with van der Waals surface area (Å²) >= 11 is 1.80. The van der Waals surface area contributed by atoms with Crippen molar-refractivity contribution in [3.05, 3.63) is 56.8 Å². The van der Waals surface area contributed by atoms with Crippen molar-refractivity contribution in [3.63, 3.8) is 0 Å². The maximum absolute atomic E-state index is 6.40. The third kappa shape index (κ3) is 3.07. The first kappa shape index (κ1) is 14.3. The van der Waals surface area contributed by atoms with Crippen molar-refractivity contribution in [3.8, 4) is 0 Å². The largest absolute Gasteiger partial charge is 0.320 e. The molecule has 0 saturated heterocycles. The van der Waals surface area contributed by atoms with Gasteiger partial charge >= 0.3 is 0 Å². The van der Waals surface area contributed by atoms with Crippen molar-refractivity contribution in [2.75, 3.05) is 0 Å². The molecule has 102 valence electrons. The van der Waals surface area contributed by atoms with Crippen LogP contribution in [0.4, 0.5) is 0 Å². The van der Waals surface area contributed by atoms with Crippen LogP contribution in [-0.4, -0.2) is 0 Å². The van der Waals surface area contributed by atoms with Crippen LogP contribution < -0.4 is 5.73 Å². The van der Waals surface area contributed by atoms with Crippen LogP contribution >= 0.6 is 11.3 Å². The first-order valence-electron chi connectivity index (χ1n) is 6.72. The molecule has 0 aliphatic carbocycles. The first-order chi connectivity index (χ1) is 8.79. The summed E-state index contributed by atoms with van der Waals surface area (Å²) < 4.78 is 0. The van der Waals surface area contributed by atoms with E-state index in [1.807, 2.05) is 0 Å². The summed E-state index contributed by atoms with van der Waals surface area (Å²) in [6.45, 7) is 11.0. The lowest BCUT2D eigenvalue weighted by Gasteiger charge is -2.20. The maximum Gasteiger partial charge on any atom is 0.0648 e. The summed E-state index contributed by atoms with van der Waals surface area (Å²) in [6, 6.07) is 10.9. The fraction of sp³-hybridized carbons (Fsp3) is 0.412. The monoisotopic (exact) mass is 273 g/mol. The third-order valence-electron chi connectivity index (χ3n) is 3.50. The second-order valence-electron chi connectivity index (χ2n) is 6.25. The van der Waals surface area contributed by atoms with E-state index in [1.54, 1.807) is 11.3 Å². The van der Waals surface area contributed by atoms with Crippen molar-refractivity contribution in [1.29, 1.82) is 0 Å². The van der Waals surface area contributed by atoms with Crippen molar-refractivity contribution >= 4 is 11.3 Å². The highest BCUT2D eigenvalue weighted by atomic mass is 32.1. The molecule has 2 aromatic rings. The molecule has 0 bridgehead atoms. The predicted octanol–water partition coefficient (Wildman–Crippen LogP) is 4.71. The topological polar surface area (TPSA) is 26.0 Å². The molecule has 1 unspecified atom stereocenters. The minimum Gasteiger partial charge on any atom is -0.320 e. The highest BCUT2D eigenvalue weighted by Gasteiger charge is 2.17. The number of rotatable bonds is 2. The van der Waals surface area contributed by atoms with Crippen molar-refractivity contribution in [2.24, 2.45) is 5.73 Å². The molecule has 1 aromatic heterocycles. The molecule has 0 saturated carbocycles. The van der Waals surface area contributed by atoms with Crippen LogP contribution in [0.3, 0.4) is 0 Å². The van der Waals surface area contributed by atoms with Gasteiger partial charge in [0.2, 0.25) is 0 Å². The van der Waals surface area contributed by atoms with E-state index < -0.39 is 0 Å². The van der Waals surface area contributed by atoms with E-state index in [9.17, 15) is 0 Å². The van der Waals surface area contributed by atoms with Crippen LogP contribution in [0.5, 0.6) is 0 Å². The normalized spacial score (nSPS) is 13.6. The Morgan fingerprint density at radius 3 is 2.05 bits per heavy atom. The Balaban J connectivity index is 2.30. The highest BCUT2D eigenvalue weighted by molar-refractivity contribution is 7.12. The van der Waals surface area contributed by atoms with Crippen LogP contribution in [0, 0.1) is 13.8 Å². The van der Waals surface area contributed by atoms with Crippen LogP contribution in [0.1, 0.15) is 53.3 Å². The zero-order valence-corrected chi connectivity index (χ0v) is 13.3. The number of aryl methyl sites for hydroxylation is 2. The van der Waals surface area contributed by atoms with Gasteiger partial charge in [0.1, 0.15) is 0 Å². The number of benzene rings is 1. The highest BCUT2D eigenvalue weighted by Crippen LogP contribution is 2.31. The fourth-order valence-electron chi connectivity index (χ4n) is 2.31. The summed E-state index contributed by atoms with van der Waals surface area (Å²) in [4.78, 5) is 2.61. The molecule has 19 heavy (non-hydrogen) atoms. The number of hydrogen-bond acceptors (Lipinski definition) is 2. The second-order valence-corrected chi connectivity index (χ2v) is 7.54. The van der Waals surface area contributed by atoms with Crippen LogP contribution in [0.2, 0.25) is 0 Å². The zero-order valence-electron chi connectivity index (χ0n) is 12.4. The SMILES string of the molecule is Cc1cc(C)c(C(N)c2ccc(C(C)(C)C)cc2)s1. The summed E-state index contributed by atoms with van der Waals surface area (Å²) in [5.74, 6) is 0. The van der Waals surface area contributed by atoms with E-state index in [4.69, 9.17) is 5.73 Å². The number of nitrogens with two attached hydrogens (primary N) is 1. The molecule has 1 aromatic carbocycles. The second kappa shape index (κ2) is 5.10. The Morgan fingerprint density at radius 2 is 1.63 bits per heavy atom. The maximum atomic E-state index is 6.40. The van der Waals surface area contributed by atoms with Gasteiger partial charge in [0.05, 0.1) is 6.04 Å². The molecule has 1 nitrogen and oxygen atoms in total. The van der Waals surface area contributed by atoms with Gasteiger partial charge < -0.3 is 5.73 Å². The van der Waals surface area contributed by atoms with Crippen LogP contribution in [-0.2, 0) is 5.41 Å². The molecule has 1 heterocycles. The third-order valence-corrected chi connectivity index (χ3v) is 4.73. The van der Waals surface area contributed by atoms with Crippen LogP contribution in [0.15, 0.2) is 30.3 Å². The molecular formula is C17H23NS. The van der Waals surface area contributed by atoms with E-state index in [1.165, 1.54) is 26.4 Å². The van der Waals surface area contributed by atoms with Gasteiger partial charge in [-0.2, -0.15) is 0 Å². The lowest BCUT2D eigenvalue weighted by Crippen LogP contribution is -2.14. The lowest BCUT2D eigenvalue weighted by molar-refractivity contribution is 0.590. The Bertz CT molecular complexity index is 558. The summed E-state index contributed by atoms with van der Waals surface area (Å²) in [5.41, 5.74) is 10.4. The lowest BCUT2D eigenvalue weighted by atomic mass is 9.86. The Hall–Kier alpha value is -1.12. The fourth-order valence-corrected chi connectivity index (χ4v) is 3.38. The molecule has 0 amide bonds. The average Bonchev–Trinajstić information content (AvgIpc) is 2.66. The molecule has 0 fully saturated rings. The van der Waals surface area contributed by atoms with E-state index in [0.717, 1.165) is 0 Å². The predicted molar refractivity (Wildman–Crippen MR) is 85.0 cm³/mol. The minimum atomic E-state index is -0.00674. The van der Waals surface area contributed by atoms with Crippen molar-refractivity contribution in [1.82, 2.24) is 0 Å². The van der Waals surface area contributed by atoms with Gasteiger partial charge in [0, 0.05) is 9.75 Å². The summed E-state index contributed by atoms with van der Waals surface area (Å²) in [6.07, 6.45) is 0. The Kier molecular flexibility index (Phi) is 3.84. The van der Waals surface area contributed by atoms with E-state index in [0.29, 0.717) is 0 Å². The quantitative estimate of drug-likeness (QED) is 0.842. The minimum absolute atomic E-state index is 0.00674. The molecule has 0 aliphatic heterocycles. The first-order valence-corrected chi connectivity index (χ1v) is 7.53. The van der Waals surface area contributed by atoms with Gasteiger partial charge in [-0.3, -0.25) is 0 Å². The average molecular weight is 273 g/mol. The van der Waals surface area contributed by atoms with Crippen LogP contribution in [0.25, 0.3) is 0 Å². The molecule has 2 rings (SSSR count). The molecule has 0 spiro atoms. The van der Waals surface area contributed by atoms with Crippen molar-refractivity contribution in [2.45, 2.75) is 46.1 Å². The molecule has 0 aliphatic rings. The van der Waals surface area contributed by atoms with E-state index in [2.05, 4.69) is 65.0 Å². The smallest absolute Gasteiger partial charge is 0.0648 e. The summed E-state index contributed by atoms with van der Waals surface area (Å²) in [7, 11) is 0. The zero-order chi connectivity index (χ0) is 14.2. The van der Waals surface area contributed by atoms with Crippen molar-refractivity contribution < 1.29 is 0 Å². The van der Waals surface area contributed by atoms with Gasteiger partial charge in [-0.15, -0.1) is 11.3 Å². The van der Waals surface area contributed by atoms with Gasteiger partial charge in [-0.05, 0) is 42.0 Å². The Labute approximate surface area is 120 Å². The molecule has 2 heteroatoms. The molecule has 0 radical (unpaired) electrons. The van der Waals surface area contributed by atoms with Gasteiger partial charge in [0.15, 0.2) is 0 Å². The molecule has 1 atom stereocenters. The molecular weight excluding hydrogens is 250 g/mol. The van der Waals surface area contributed by atoms with E-state index >= 15 is 0 Å². The van der Waals surface area contributed by atoms with Gasteiger partial charge in [-0.1, -0.05) is 45.0 Å². The molecule has 2 N–H and O–H groups in total. The van der Waals surface area contributed by atoms with Gasteiger partial charge in [-0.25, -0.2) is 0 Å².